The third-order valence-corrected chi connectivity index (χ3v) is 4.21. The fraction of sp³-hybridized carbons (Fsp3) is 0.333. The van der Waals surface area contributed by atoms with E-state index in [1.54, 1.807) is 7.11 Å². The molecule has 0 saturated carbocycles. The Morgan fingerprint density at radius 2 is 1.95 bits per heavy atom. The van der Waals surface area contributed by atoms with Crippen LogP contribution in [0.2, 0.25) is 0 Å². The molecule has 0 saturated heterocycles. The van der Waals surface area contributed by atoms with Gasteiger partial charge in [0.1, 0.15) is 11.9 Å². The number of anilines is 1. The fourth-order valence-electron chi connectivity index (χ4n) is 2.05. The Balaban J connectivity index is 2.50. The van der Waals surface area contributed by atoms with Gasteiger partial charge in [0.2, 0.25) is 0 Å². The minimum atomic E-state index is -0.245. The Hall–Kier alpha value is -1.21. The maximum absolute atomic E-state index is 5.61. The van der Waals surface area contributed by atoms with Gasteiger partial charge in [-0.3, -0.25) is 0 Å². The van der Waals surface area contributed by atoms with Crippen molar-refractivity contribution in [2.24, 2.45) is 0 Å². The topological polar surface area (TPSA) is 47.0 Å². The number of rotatable bonds is 5. The van der Waals surface area contributed by atoms with E-state index in [1.165, 1.54) is 0 Å². The lowest BCUT2D eigenvalue weighted by molar-refractivity contribution is 0.129. The van der Waals surface area contributed by atoms with E-state index >= 15 is 0 Å². The second-order valence-corrected chi connectivity index (χ2v) is 5.40. The van der Waals surface area contributed by atoms with E-state index in [-0.39, 0.29) is 6.10 Å². The number of aryl methyl sites for hydroxylation is 1. The number of nitrogens with one attached hydrogen (secondary N) is 1. The van der Waals surface area contributed by atoms with Crippen molar-refractivity contribution in [2.75, 3.05) is 19.5 Å². The molecular weight excluding hydrogens is 365 g/mol. The maximum atomic E-state index is 5.61. The molecule has 1 unspecified atom stereocenters. The third-order valence-electron chi connectivity index (χ3n) is 3.08. The van der Waals surface area contributed by atoms with Gasteiger partial charge in [-0.25, -0.2) is 9.97 Å². The first-order chi connectivity index (χ1) is 9.71. The Bertz CT molecular complexity index is 550. The number of nitrogens with zero attached hydrogens (tertiary/aromatic N) is 2. The highest BCUT2D eigenvalue weighted by atomic mass is 127. The highest BCUT2D eigenvalue weighted by molar-refractivity contribution is 14.1. The molecule has 0 amide bonds. The molecule has 1 aromatic heterocycles. The van der Waals surface area contributed by atoms with E-state index in [2.05, 4.69) is 44.8 Å². The molecule has 1 heterocycles. The van der Waals surface area contributed by atoms with Crippen LogP contribution in [-0.4, -0.2) is 24.1 Å². The van der Waals surface area contributed by atoms with Crippen molar-refractivity contribution in [1.82, 2.24) is 9.97 Å². The Labute approximate surface area is 133 Å². The summed E-state index contributed by atoms with van der Waals surface area (Å²) in [6.07, 6.45) is 0.624. The van der Waals surface area contributed by atoms with Crippen LogP contribution in [0.5, 0.6) is 0 Å². The van der Waals surface area contributed by atoms with E-state index in [4.69, 9.17) is 4.74 Å². The van der Waals surface area contributed by atoms with E-state index < -0.39 is 0 Å². The van der Waals surface area contributed by atoms with Gasteiger partial charge in [-0.05, 0) is 34.6 Å². The lowest BCUT2D eigenvalue weighted by atomic mass is 10.1. The summed E-state index contributed by atoms with van der Waals surface area (Å²) in [6, 6.07) is 10.0. The van der Waals surface area contributed by atoms with Crippen molar-refractivity contribution in [2.45, 2.75) is 19.4 Å². The average Bonchev–Trinajstić information content (AvgIpc) is 2.50. The molecule has 0 aliphatic rings. The van der Waals surface area contributed by atoms with E-state index in [0.717, 1.165) is 27.1 Å². The van der Waals surface area contributed by atoms with Crippen molar-refractivity contribution in [3.05, 3.63) is 51.0 Å². The summed E-state index contributed by atoms with van der Waals surface area (Å²) in [5.74, 6) is 1.55. The summed E-state index contributed by atoms with van der Waals surface area (Å²) in [5, 5.41) is 3.13. The summed E-state index contributed by atoms with van der Waals surface area (Å²) in [7, 11) is 3.56. The van der Waals surface area contributed by atoms with Crippen LogP contribution in [0.25, 0.3) is 0 Å². The van der Waals surface area contributed by atoms with Crippen molar-refractivity contribution in [1.29, 1.82) is 0 Å². The Kier molecular flexibility index (Phi) is 5.31. The minimum Gasteiger partial charge on any atom is -0.372 e. The zero-order valence-corrected chi connectivity index (χ0v) is 14.0. The number of halogens is 1. The van der Waals surface area contributed by atoms with Crippen molar-refractivity contribution in [3.63, 3.8) is 0 Å². The molecule has 0 aliphatic carbocycles. The summed E-state index contributed by atoms with van der Waals surface area (Å²) in [5.41, 5.74) is 2.10. The lowest BCUT2D eigenvalue weighted by Crippen LogP contribution is -2.13. The van der Waals surface area contributed by atoms with Crippen LogP contribution < -0.4 is 5.32 Å². The Morgan fingerprint density at radius 1 is 1.25 bits per heavy atom. The van der Waals surface area contributed by atoms with Crippen LogP contribution in [0.4, 0.5) is 5.82 Å². The van der Waals surface area contributed by atoms with Crippen LogP contribution in [0.15, 0.2) is 30.3 Å². The minimum absolute atomic E-state index is 0.245. The SMILES string of the molecule is CCc1nc(C(OC)c2ccccc2)nc(NC)c1I. The molecule has 2 rings (SSSR count). The molecule has 0 bridgehead atoms. The third kappa shape index (κ3) is 3.09. The number of hydrogen-bond donors (Lipinski definition) is 1. The lowest BCUT2D eigenvalue weighted by Gasteiger charge is -2.17. The molecule has 0 radical (unpaired) electrons. The number of benzene rings is 1. The van der Waals surface area contributed by atoms with Gasteiger partial charge in [0.25, 0.3) is 0 Å². The van der Waals surface area contributed by atoms with Gasteiger partial charge < -0.3 is 10.1 Å². The zero-order chi connectivity index (χ0) is 14.5. The van der Waals surface area contributed by atoms with Gasteiger partial charge in [-0.2, -0.15) is 0 Å². The molecule has 0 spiro atoms. The first kappa shape index (κ1) is 15.2. The number of hydrogen-bond acceptors (Lipinski definition) is 4. The predicted molar refractivity (Wildman–Crippen MR) is 89.0 cm³/mol. The highest BCUT2D eigenvalue weighted by Crippen LogP contribution is 2.26. The summed E-state index contributed by atoms with van der Waals surface area (Å²) in [6.45, 7) is 2.10. The molecule has 1 atom stereocenters. The first-order valence-electron chi connectivity index (χ1n) is 6.53. The zero-order valence-electron chi connectivity index (χ0n) is 11.9. The molecule has 106 valence electrons. The first-order valence-corrected chi connectivity index (χ1v) is 7.60. The summed E-state index contributed by atoms with van der Waals surface area (Å²) in [4.78, 5) is 9.26. The van der Waals surface area contributed by atoms with Gasteiger partial charge >= 0.3 is 0 Å². The number of methoxy groups -OCH3 is 1. The molecule has 0 fully saturated rings. The van der Waals surface area contributed by atoms with Gasteiger partial charge in [0, 0.05) is 14.2 Å². The summed E-state index contributed by atoms with van der Waals surface area (Å²) < 4.78 is 6.67. The monoisotopic (exact) mass is 383 g/mol. The van der Waals surface area contributed by atoms with Gasteiger partial charge in [-0.1, -0.05) is 37.3 Å². The molecule has 2 aromatic rings. The predicted octanol–water partition coefficient (Wildman–Crippen LogP) is 3.42. The molecule has 20 heavy (non-hydrogen) atoms. The standard InChI is InChI=1S/C15H18IN3O/c1-4-11-12(16)14(17-2)19-15(18-11)13(20-3)10-8-6-5-7-9-10/h5-9,13H,4H2,1-3H3,(H,17,18,19). The van der Waals surface area contributed by atoms with Gasteiger partial charge in [0.15, 0.2) is 5.82 Å². The maximum Gasteiger partial charge on any atom is 0.164 e. The molecule has 1 aromatic carbocycles. The van der Waals surface area contributed by atoms with Crippen LogP contribution in [0.1, 0.15) is 30.1 Å². The summed E-state index contributed by atoms with van der Waals surface area (Å²) >= 11 is 2.28. The quantitative estimate of drug-likeness (QED) is 0.804. The second kappa shape index (κ2) is 6.99. The molecule has 0 aliphatic heterocycles. The second-order valence-electron chi connectivity index (χ2n) is 4.32. The van der Waals surface area contributed by atoms with Crippen molar-refractivity contribution < 1.29 is 4.74 Å². The highest BCUT2D eigenvalue weighted by Gasteiger charge is 2.19. The largest absolute Gasteiger partial charge is 0.372 e. The molecule has 4 nitrogen and oxygen atoms in total. The molecular formula is C15H18IN3O. The average molecular weight is 383 g/mol. The van der Waals surface area contributed by atoms with E-state index in [1.807, 2.05) is 37.4 Å². The Morgan fingerprint density at radius 3 is 2.50 bits per heavy atom. The van der Waals surface area contributed by atoms with Crippen molar-refractivity contribution >= 4 is 28.4 Å². The molecule has 5 heteroatoms. The van der Waals surface area contributed by atoms with Crippen molar-refractivity contribution in [3.8, 4) is 0 Å². The van der Waals surface area contributed by atoms with Crippen LogP contribution in [0.3, 0.4) is 0 Å². The smallest absolute Gasteiger partial charge is 0.164 e. The normalized spacial score (nSPS) is 12.2. The van der Waals surface area contributed by atoms with Crippen LogP contribution in [-0.2, 0) is 11.2 Å². The van der Waals surface area contributed by atoms with Crippen LogP contribution in [0, 0.1) is 3.57 Å². The van der Waals surface area contributed by atoms with Crippen LogP contribution >= 0.6 is 22.6 Å². The van der Waals surface area contributed by atoms with Gasteiger partial charge in [-0.15, -0.1) is 0 Å². The van der Waals surface area contributed by atoms with E-state index in [9.17, 15) is 0 Å². The fourth-order valence-corrected chi connectivity index (χ4v) is 2.94. The molecule has 1 N–H and O–H groups in total. The van der Waals surface area contributed by atoms with E-state index in [0.29, 0.717) is 5.82 Å². The van der Waals surface area contributed by atoms with Gasteiger partial charge in [0.05, 0.1) is 9.26 Å². The number of aromatic nitrogens is 2. The number of ether oxygens (including phenoxy) is 1.